The van der Waals surface area contributed by atoms with Crippen LogP contribution < -0.4 is 4.90 Å². The summed E-state index contributed by atoms with van der Waals surface area (Å²) in [5.41, 5.74) is -0.727. The Kier molecular flexibility index (Phi) is 12.1. The van der Waals surface area contributed by atoms with Crippen molar-refractivity contribution in [2.24, 2.45) is 11.8 Å². The first-order valence-corrected chi connectivity index (χ1v) is 20.4. The van der Waals surface area contributed by atoms with Gasteiger partial charge in [-0.15, -0.1) is 0 Å². The van der Waals surface area contributed by atoms with Gasteiger partial charge in [0.1, 0.15) is 35.8 Å². The number of carboxylic acids is 1. The maximum Gasteiger partial charge on any atom is 0.421 e. The third-order valence-corrected chi connectivity index (χ3v) is 12.1. The lowest BCUT2D eigenvalue weighted by Gasteiger charge is -2.46. The molecule has 8 rings (SSSR count). The molecule has 3 heterocycles. The van der Waals surface area contributed by atoms with E-state index >= 15 is 4.79 Å². The highest BCUT2D eigenvalue weighted by Crippen LogP contribution is 2.66. The number of carboxylic acid groups (broad SMARTS) is 1. The van der Waals surface area contributed by atoms with Crippen LogP contribution in [0.5, 0.6) is 5.75 Å². The lowest BCUT2D eigenvalue weighted by molar-refractivity contribution is -0.384. The smallest absolute Gasteiger partial charge is 0.421 e. The highest BCUT2D eigenvalue weighted by molar-refractivity contribution is 6.23. The molecule has 1 spiro atoms. The van der Waals surface area contributed by atoms with Gasteiger partial charge in [0, 0.05) is 24.1 Å². The number of ether oxygens (including phenoxy) is 4. The Morgan fingerprint density at radius 2 is 1.44 bits per heavy atom. The number of rotatable bonds is 10. The first-order chi connectivity index (χ1) is 31.8. The Bertz CT molecular complexity index is 2790. The number of phenols is 1. The van der Waals surface area contributed by atoms with E-state index in [9.17, 15) is 44.3 Å². The number of benzene rings is 5. The van der Waals surface area contributed by atoms with Crippen molar-refractivity contribution in [1.29, 1.82) is 0 Å². The quantitative estimate of drug-likeness (QED) is 0.0404. The van der Waals surface area contributed by atoms with E-state index in [0.717, 1.165) is 14.2 Å². The fraction of sp³-hybridized carbons (Fsp3) is 0.224. The SMILES string of the molecule is COC(=O)C(CC#Cc1ccc2c(c1)[C@]1(C(=O)N2C(=O)OCc2ccc([N+](=O)[O-])cc2)[C@H](c2ccc(O)cc2)N2[C@H](c3ccccc3)[C@H](c3ccccc3)OC(=O)[C@H]2[C@@H]1C(=O)O)C(=O)OC. The van der Waals surface area contributed by atoms with E-state index < -0.39 is 88.9 Å². The number of hydrogen-bond donors (Lipinski definition) is 2. The van der Waals surface area contributed by atoms with Gasteiger partial charge >= 0.3 is 30.0 Å². The molecule has 0 aliphatic carbocycles. The summed E-state index contributed by atoms with van der Waals surface area (Å²) < 4.78 is 21.5. The Morgan fingerprint density at radius 1 is 0.818 bits per heavy atom. The average molecular weight is 894 g/mol. The summed E-state index contributed by atoms with van der Waals surface area (Å²) in [7, 11) is 2.20. The first kappa shape index (κ1) is 44.3. The molecule has 0 radical (unpaired) electrons. The van der Waals surface area contributed by atoms with Crippen molar-refractivity contribution in [2.45, 2.75) is 42.7 Å². The predicted molar refractivity (Wildman–Crippen MR) is 230 cm³/mol. The number of fused-ring (bicyclic) bond motifs is 3. The number of nitrogens with zero attached hydrogens (tertiary/aromatic N) is 3. The number of morpholine rings is 1. The average Bonchev–Trinajstić information content (AvgIpc) is 3.79. The van der Waals surface area contributed by atoms with E-state index in [0.29, 0.717) is 27.2 Å². The largest absolute Gasteiger partial charge is 0.508 e. The summed E-state index contributed by atoms with van der Waals surface area (Å²) in [5.74, 6) is -3.25. The molecular formula is C49H39N3O14. The number of carbonyl (C=O) groups excluding carboxylic acids is 5. The standard InChI is InChI=1S/C49H39N3O14/c1-63-44(56)35(45(57)64-2)15-9-10-28-18-25-37-36(26-28)49(47(59)50(37)48(60)65-27-29-16-21-33(22-17-29)52(61)62)38(43(54)55)40-46(58)66-41(31-13-7-4-8-14-31)39(30-11-5-3-6-12-30)51(40)42(49)32-19-23-34(53)24-20-32/h3-8,11-14,16-26,35,38-42,53H,15,27H2,1-2H3,(H,54,55)/t38-,39-,40-,41+,42+,49-/m1/s1. The number of imide groups is 1. The molecule has 17 heteroatoms. The number of cyclic esters (lactones) is 1. The van der Waals surface area contributed by atoms with Crippen LogP contribution in [-0.2, 0) is 54.9 Å². The number of amides is 2. The summed E-state index contributed by atoms with van der Waals surface area (Å²) in [6.07, 6.45) is -2.62. The molecule has 2 fully saturated rings. The highest BCUT2D eigenvalue weighted by Gasteiger charge is 2.76. The number of anilines is 1. The summed E-state index contributed by atoms with van der Waals surface area (Å²) >= 11 is 0. The predicted octanol–water partition coefficient (Wildman–Crippen LogP) is 6.09. The fourth-order valence-electron chi connectivity index (χ4n) is 9.33. The number of aromatic hydroxyl groups is 1. The summed E-state index contributed by atoms with van der Waals surface area (Å²) in [5, 5.41) is 33.4. The van der Waals surface area contributed by atoms with Gasteiger partial charge in [0.05, 0.1) is 36.9 Å². The van der Waals surface area contributed by atoms with Gasteiger partial charge in [0.2, 0.25) is 5.91 Å². The molecule has 5 aromatic carbocycles. The molecule has 66 heavy (non-hydrogen) atoms. The number of hydrogen-bond acceptors (Lipinski definition) is 14. The van der Waals surface area contributed by atoms with Gasteiger partial charge in [-0.1, -0.05) is 84.6 Å². The third kappa shape index (κ3) is 7.62. The maximum absolute atomic E-state index is 15.9. The molecule has 17 nitrogen and oxygen atoms in total. The van der Waals surface area contributed by atoms with Gasteiger partial charge in [0.25, 0.3) is 5.69 Å². The molecule has 6 atom stereocenters. The lowest BCUT2D eigenvalue weighted by atomic mass is 9.65. The van der Waals surface area contributed by atoms with Crippen LogP contribution in [0.15, 0.2) is 127 Å². The number of nitro benzene ring substituents is 1. The molecule has 0 saturated carbocycles. The van der Waals surface area contributed by atoms with Crippen LogP contribution in [0.1, 0.15) is 58.0 Å². The summed E-state index contributed by atoms with van der Waals surface area (Å²) in [6.45, 7) is -0.451. The molecule has 3 aliphatic heterocycles. The molecule has 0 aromatic heterocycles. The van der Waals surface area contributed by atoms with Crippen LogP contribution in [-0.4, -0.2) is 76.2 Å². The van der Waals surface area contributed by atoms with Crippen molar-refractivity contribution in [3.8, 4) is 17.6 Å². The minimum absolute atomic E-state index is 0.0279. The maximum atomic E-state index is 15.9. The minimum atomic E-state index is -2.36. The molecule has 2 saturated heterocycles. The van der Waals surface area contributed by atoms with Gasteiger partial charge in [-0.2, -0.15) is 0 Å². The van der Waals surface area contributed by atoms with E-state index in [4.69, 9.17) is 18.9 Å². The third-order valence-electron chi connectivity index (χ3n) is 12.1. The topological polar surface area (TPSA) is 229 Å². The summed E-state index contributed by atoms with van der Waals surface area (Å²) in [4.78, 5) is 97.4. The molecule has 3 aliphatic rings. The zero-order valence-corrected chi connectivity index (χ0v) is 35.1. The van der Waals surface area contributed by atoms with Crippen molar-refractivity contribution >= 4 is 47.3 Å². The number of esters is 3. The van der Waals surface area contributed by atoms with Crippen molar-refractivity contribution < 1.29 is 62.9 Å². The molecular weight excluding hydrogens is 855 g/mol. The highest BCUT2D eigenvalue weighted by atomic mass is 16.6. The Morgan fingerprint density at radius 3 is 2.03 bits per heavy atom. The van der Waals surface area contributed by atoms with Gasteiger partial charge in [0.15, 0.2) is 5.92 Å². The van der Waals surface area contributed by atoms with Crippen molar-refractivity contribution in [3.63, 3.8) is 0 Å². The minimum Gasteiger partial charge on any atom is -0.508 e. The summed E-state index contributed by atoms with van der Waals surface area (Å²) in [6, 6.07) is 28.9. The fourth-order valence-corrected chi connectivity index (χ4v) is 9.33. The van der Waals surface area contributed by atoms with E-state index in [2.05, 4.69) is 11.8 Å². The van der Waals surface area contributed by atoms with Gasteiger partial charge in [-0.3, -0.25) is 39.0 Å². The molecule has 2 N–H and O–H groups in total. The van der Waals surface area contributed by atoms with Gasteiger partial charge < -0.3 is 29.2 Å². The van der Waals surface area contributed by atoms with E-state index in [1.165, 1.54) is 66.7 Å². The number of non-ortho nitro benzene ring substituents is 1. The van der Waals surface area contributed by atoms with Crippen molar-refractivity contribution in [2.75, 3.05) is 19.1 Å². The second-order valence-electron chi connectivity index (χ2n) is 15.7. The van der Waals surface area contributed by atoms with Crippen LogP contribution >= 0.6 is 0 Å². The second-order valence-corrected chi connectivity index (χ2v) is 15.7. The molecule has 5 aromatic rings. The van der Waals surface area contributed by atoms with E-state index in [1.54, 1.807) is 65.6 Å². The molecule has 2 amide bonds. The number of phenolic OH excluding ortho intramolecular Hbond substituents is 1. The van der Waals surface area contributed by atoms with Crippen molar-refractivity contribution in [1.82, 2.24) is 4.90 Å². The van der Waals surface area contributed by atoms with Crippen LogP contribution in [0.3, 0.4) is 0 Å². The van der Waals surface area contributed by atoms with Crippen LogP contribution in [0, 0.1) is 33.8 Å². The number of nitro groups is 1. The van der Waals surface area contributed by atoms with Gasteiger partial charge in [-0.05, 0) is 70.3 Å². The van der Waals surface area contributed by atoms with Crippen LogP contribution in [0.2, 0.25) is 0 Å². The molecule has 334 valence electrons. The lowest BCUT2D eigenvalue weighted by Crippen LogP contribution is -2.53. The van der Waals surface area contributed by atoms with E-state index in [1.807, 2.05) is 0 Å². The Labute approximate surface area is 376 Å². The van der Waals surface area contributed by atoms with Gasteiger partial charge in [-0.25, -0.2) is 9.69 Å². The Balaban J connectivity index is 1.36. The number of aliphatic carboxylic acids is 1. The molecule has 0 bridgehead atoms. The zero-order valence-electron chi connectivity index (χ0n) is 35.1. The monoisotopic (exact) mass is 893 g/mol. The first-order valence-electron chi connectivity index (χ1n) is 20.4. The second kappa shape index (κ2) is 18.0. The zero-order chi connectivity index (χ0) is 46.9. The molecule has 0 unspecified atom stereocenters. The number of carbonyl (C=O) groups is 6. The number of methoxy groups -OCH3 is 2. The van der Waals surface area contributed by atoms with E-state index in [-0.39, 0.29) is 34.7 Å². The Hall–Kier alpha value is -8.36. The van der Waals surface area contributed by atoms with Crippen LogP contribution in [0.4, 0.5) is 16.2 Å². The van der Waals surface area contributed by atoms with Crippen LogP contribution in [0.25, 0.3) is 0 Å². The van der Waals surface area contributed by atoms with Crippen molar-refractivity contribution in [3.05, 3.63) is 171 Å². The normalized spacial score (nSPS) is 21.8.